The minimum Gasteiger partial charge on any atom is -0.372 e. The van der Waals surface area contributed by atoms with Crippen molar-refractivity contribution in [1.82, 2.24) is 4.72 Å². The van der Waals surface area contributed by atoms with Gasteiger partial charge >= 0.3 is 0 Å². The van der Waals surface area contributed by atoms with Crippen molar-refractivity contribution in [2.45, 2.75) is 71.1 Å². The number of rotatable bonds is 7. The molecule has 6 nitrogen and oxygen atoms in total. The number of carbonyl (C=O) groups excluding carboxylic acids is 1. The molecule has 2 N–H and O–H groups in total. The Hall–Kier alpha value is -1.60. The number of carbonyl (C=O) groups is 1. The van der Waals surface area contributed by atoms with Gasteiger partial charge in [0.2, 0.25) is 15.9 Å². The first-order chi connectivity index (χ1) is 13.1. The van der Waals surface area contributed by atoms with Crippen LogP contribution in [-0.2, 0) is 14.8 Å². The molecule has 0 aromatic heterocycles. The molecular formula is C21H35N3O3S. The molecule has 1 aromatic rings. The molecule has 7 heteroatoms. The third-order valence-electron chi connectivity index (χ3n) is 5.49. The van der Waals surface area contributed by atoms with Gasteiger partial charge in [0.05, 0.1) is 4.75 Å². The van der Waals surface area contributed by atoms with E-state index in [2.05, 4.69) is 28.8 Å². The van der Waals surface area contributed by atoms with E-state index in [-0.39, 0.29) is 17.9 Å². The standard InChI is InChI=1S/C21H35N3O3S/c1-6-24(7-2)19-14-12-17(13-15-19)22-20(25)16-8-10-18(11-9-16)23-28(26,27)21(3,4)5/h12-16,18,23H,6-11H2,1-5H3,(H,22,25). The van der Waals surface area contributed by atoms with Gasteiger partial charge in [-0.2, -0.15) is 0 Å². The van der Waals surface area contributed by atoms with Crippen LogP contribution in [0, 0.1) is 5.92 Å². The lowest BCUT2D eigenvalue weighted by molar-refractivity contribution is -0.120. The summed E-state index contributed by atoms with van der Waals surface area (Å²) in [7, 11) is -3.35. The first kappa shape index (κ1) is 22.7. The zero-order valence-corrected chi connectivity index (χ0v) is 18.6. The molecule has 0 atom stereocenters. The van der Waals surface area contributed by atoms with Crippen LogP contribution >= 0.6 is 0 Å². The van der Waals surface area contributed by atoms with Gasteiger partial charge in [0.25, 0.3) is 0 Å². The van der Waals surface area contributed by atoms with Gasteiger partial charge in [-0.25, -0.2) is 13.1 Å². The second-order valence-corrected chi connectivity index (χ2v) is 11.0. The topological polar surface area (TPSA) is 78.5 Å². The van der Waals surface area contributed by atoms with E-state index in [0.717, 1.165) is 24.5 Å². The molecule has 2 rings (SSSR count). The zero-order valence-electron chi connectivity index (χ0n) is 17.8. The Morgan fingerprint density at radius 1 is 1.04 bits per heavy atom. The molecule has 0 bridgehead atoms. The molecule has 0 radical (unpaired) electrons. The summed E-state index contributed by atoms with van der Waals surface area (Å²) in [6.07, 6.45) is 2.77. The zero-order chi connectivity index (χ0) is 20.9. The maximum atomic E-state index is 12.6. The lowest BCUT2D eigenvalue weighted by Gasteiger charge is -2.30. The van der Waals surface area contributed by atoms with Crippen molar-refractivity contribution in [3.05, 3.63) is 24.3 Å². The Morgan fingerprint density at radius 3 is 2.04 bits per heavy atom. The molecule has 28 heavy (non-hydrogen) atoms. The van der Waals surface area contributed by atoms with E-state index in [1.807, 2.05) is 24.3 Å². The lowest BCUT2D eigenvalue weighted by Crippen LogP contribution is -2.46. The van der Waals surface area contributed by atoms with Crippen LogP contribution < -0.4 is 14.9 Å². The summed E-state index contributed by atoms with van der Waals surface area (Å²) in [6.45, 7) is 11.2. The largest absolute Gasteiger partial charge is 0.372 e. The van der Waals surface area contributed by atoms with Gasteiger partial charge in [-0.1, -0.05) is 0 Å². The highest BCUT2D eigenvalue weighted by atomic mass is 32.2. The van der Waals surface area contributed by atoms with Gasteiger partial charge in [0.15, 0.2) is 0 Å². The van der Waals surface area contributed by atoms with Crippen molar-refractivity contribution < 1.29 is 13.2 Å². The first-order valence-electron chi connectivity index (χ1n) is 10.2. The molecule has 158 valence electrons. The second-order valence-electron chi connectivity index (χ2n) is 8.49. The fourth-order valence-electron chi connectivity index (χ4n) is 3.46. The molecule has 1 amide bonds. The lowest BCUT2D eigenvalue weighted by atomic mass is 9.86. The molecule has 0 aliphatic heterocycles. The minimum atomic E-state index is -3.35. The predicted molar refractivity (Wildman–Crippen MR) is 116 cm³/mol. The number of hydrogen-bond acceptors (Lipinski definition) is 4. The van der Waals surface area contributed by atoms with Crippen LogP contribution in [0.5, 0.6) is 0 Å². The van der Waals surface area contributed by atoms with Crippen LogP contribution in [0.3, 0.4) is 0 Å². The first-order valence-corrected chi connectivity index (χ1v) is 11.7. The maximum absolute atomic E-state index is 12.6. The fraction of sp³-hybridized carbons (Fsp3) is 0.667. The van der Waals surface area contributed by atoms with Crippen LogP contribution in [0.15, 0.2) is 24.3 Å². The second kappa shape index (κ2) is 9.27. The van der Waals surface area contributed by atoms with E-state index in [1.54, 1.807) is 20.8 Å². The Balaban J connectivity index is 1.87. The van der Waals surface area contributed by atoms with E-state index in [0.29, 0.717) is 25.7 Å². The maximum Gasteiger partial charge on any atom is 0.227 e. The summed E-state index contributed by atoms with van der Waals surface area (Å²) in [5.41, 5.74) is 1.95. The van der Waals surface area contributed by atoms with Gasteiger partial charge in [0, 0.05) is 36.4 Å². The highest BCUT2D eigenvalue weighted by Crippen LogP contribution is 2.28. The third-order valence-corrected chi connectivity index (χ3v) is 7.75. The minimum absolute atomic E-state index is 0.0210. The number of nitrogens with zero attached hydrogens (tertiary/aromatic N) is 1. The fourth-order valence-corrected chi connectivity index (χ4v) is 4.49. The molecule has 0 saturated heterocycles. The summed E-state index contributed by atoms with van der Waals surface area (Å²) in [6, 6.07) is 7.85. The van der Waals surface area contributed by atoms with E-state index in [1.165, 1.54) is 0 Å². The molecule has 0 spiro atoms. The van der Waals surface area contributed by atoms with Crippen LogP contribution in [0.4, 0.5) is 11.4 Å². The average molecular weight is 410 g/mol. The third kappa shape index (κ3) is 5.70. The number of hydrogen-bond donors (Lipinski definition) is 2. The van der Waals surface area contributed by atoms with Gasteiger partial charge in [-0.05, 0) is 84.6 Å². The van der Waals surface area contributed by atoms with E-state index < -0.39 is 14.8 Å². The van der Waals surface area contributed by atoms with Crippen molar-refractivity contribution in [1.29, 1.82) is 0 Å². The molecule has 1 aliphatic rings. The molecule has 0 unspecified atom stereocenters. The number of nitrogens with one attached hydrogen (secondary N) is 2. The molecule has 1 aromatic carbocycles. The molecule has 1 saturated carbocycles. The summed E-state index contributed by atoms with van der Waals surface area (Å²) in [5, 5.41) is 3.01. The van der Waals surface area contributed by atoms with E-state index in [4.69, 9.17) is 0 Å². The van der Waals surface area contributed by atoms with E-state index in [9.17, 15) is 13.2 Å². The van der Waals surface area contributed by atoms with Crippen molar-refractivity contribution in [3.8, 4) is 0 Å². The summed E-state index contributed by atoms with van der Waals surface area (Å²) in [5.74, 6) is -0.0504. The van der Waals surface area contributed by atoms with Gasteiger partial charge < -0.3 is 10.2 Å². The van der Waals surface area contributed by atoms with Crippen LogP contribution in [-0.4, -0.2) is 38.2 Å². The number of amides is 1. The van der Waals surface area contributed by atoms with Crippen LogP contribution in [0.2, 0.25) is 0 Å². The summed E-state index contributed by atoms with van der Waals surface area (Å²) < 4.78 is 26.6. The molecular weight excluding hydrogens is 374 g/mol. The number of sulfonamides is 1. The highest BCUT2D eigenvalue weighted by Gasteiger charge is 2.34. The Morgan fingerprint density at radius 2 is 1.57 bits per heavy atom. The molecule has 0 heterocycles. The smallest absolute Gasteiger partial charge is 0.227 e. The van der Waals surface area contributed by atoms with Crippen molar-refractivity contribution >= 4 is 27.3 Å². The monoisotopic (exact) mass is 409 g/mol. The molecule has 1 fully saturated rings. The summed E-state index contributed by atoms with van der Waals surface area (Å²) >= 11 is 0. The van der Waals surface area contributed by atoms with Crippen molar-refractivity contribution in [3.63, 3.8) is 0 Å². The van der Waals surface area contributed by atoms with Gasteiger partial charge in [0.1, 0.15) is 0 Å². The van der Waals surface area contributed by atoms with Crippen molar-refractivity contribution in [2.24, 2.45) is 5.92 Å². The Kier molecular flexibility index (Phi) is 7.51. The van der Waals surface area contributed by atoms with Gasteiger partial charge in [-0.3, -0.25) is 4.79 Å². The van der Waals surface area contributed by atoms with Crippen LogP contribution in [0.25, 0.3) is 0 Å². The highest BCUT2D eigenvalue weighted by molar-refractivity contribution is 7.90. The number of benzene rings is 1. The molecule has 1 aliphatic carbocycles. The van der Waals surface area contributed by atoms with E-state index >= 15 is 0 Å². The Bertz CT molecular complexity index is 742. The van der Waals surface area contributed by atoms with Gasteiger partial charge in [-0.15, -0.1) is 0 Å². The SMILES string of the molecule is CCN(CC)c1ccc(NC(=O)C2CCC(NS(=O)(=O)C(C)(C)C)CC2)cc1. The average Bonchev–Trinajstić information content (AvgIpc) is 2.63. The van der Waals surface area contributed by atoms with Crippen molar-refractivity contribution in [2.75, 3.05) is 23.3 Å². The predicted octanol–water partition coefficient (Wildman–Crippen LogP) is 3.75. The number of anilines is 2. The summed E-state index contributed by atoms with van der Waals surface area (Å²) in [4.78, 5) is 14.8. The van der Waals surface area contributed by atoms with Crippen LogP contribution in [0.1, 0.15) is 60.3 Å². The quantitative estimate of drug-likeness (QED) is 0.719. The normalized spacial score (nSPS) is 20.6. The Labute approximate surface area is 170 Å².